The number of aromatic amines is 1. The van der Waals surface area contributed by atoms with Crippen molar-refractivity contribution in [2.45, 2.75) is 46.1 Å². The zero-order chi connectivity index (χ0) is 14.3. The van der Waals surface area contributed by atoms with Crippen molar-refractivity contribution in [3.05, 3.63) is 26.6 Å². The minimum Gasteiger partial charge on any atom is -0.338 e. The minimum absolute atomic E-state index is 0.0495. The van der Waals surface area contributed by atoms with Gasteiger partial charge < -0.3 is 10.3 Å². The molecule has 108 valence electrons. The van der Waals surface area contributed by atoms with Crippen LogP contribution >= 0.6 is 11.3 Å². The Kier molecular flexibility index (Phi) is 3.65. The van der Waals surface area contributed by atoms with Gasteiger partial charge in [0.1, 0.15) is 10.9 Å². The molecule has 3 rings (SSSR count). The van der Waals surface area contributed by atoms with E-state index in [1.165, 1.54) is 16.9 Å². The molecule has 2 aromatic heterocycles. The average molecular weight is 292 g/mol. The summed E-state index contributed by atoms with van der Waals surface area (Å²) < 4.78 is 0. The van der Waals surface area contributed by atoms with Crippen LogP contribution in [-0.4, -0.2) is 16.5 Å². The summed E-state index contributed by atoms with van der Waals surface area (Å²) in [5.74, 6) is 1.53. The molecule has 5 heteroatoms. The van der Waals surface area contributed by atoms with Crippen molar-refractivity contribution in [2.24, 2.45) is 5.92 Å². The molecule has 0 bridgehead atoms. The number of thiophene rings is 1. The molecule has 0 unspecified atom stereocenters. The predicted molar refractivity (Wildman–Crippen MR) is 82.3 cm³/mol. The van der Waals surface area contributed by atoms with Gasteiger partial charge in [-0.05, 0) is 44.6 Å². The van der Waals surface area contributed by atoms with Crippen LogP contribution in [0.5, 0.6) is 0 Å². The third kappa shape index (κ3) is 2.29. The van der Waals surface area contributed by atoms with Gasteiger partial charge in [0.2, 0.25) is 0 Å². The maximum atomic E-state index is 12.4. The zero-order valence-electron chi connectivity index (χ0n) is 12.3. The van der Waals surface area contributed by atoms with Crippen molar-refractivity contribution in [1.82, 2.24) is 9.97 Å². The quantitative estimate of drug-likeness (QED) is 0.905. The van der Waals surface area contributed by atoms with E-state index in [0.717, 1.165) is 41.3 Å². The van der Waals surface area contributed by atoms with Crippen molar-refractivity contribution >= 4 is 21.6 Å². The van der Waals surface area contributed by atoms with Crippen LogP contribution in [-0.2, 0) is 12.8 Å². The van der Waals surface area contributed by atoms with Crippen molar-refractivity contribution in [1.29, 1.82) is 0 Å². The van der Waals surface area contributed by atoms with Gasteiger partial charge in [0.25, 0.3) is 5.56 Å². The number of aryl methyl sites for hydroxylation is 1. The Bertz CT molecular complexity index is 688. The Morgan fingerprint density at radius 2 is 2.35 bits per heavy atom. The van der Waals surface area contributed by atoms with E-state index in [1.54, 1.807) is 11.3 Å². The fourth-order valence-corrected chi connectivity index (χ4v) is 4.44. The Labute approximate surface area is 122 Å². The molecule has 0 spiro atoms. The fourth-order valence-electron chi connectivity index (χ4n) is 3.05. The van der Waals surface area contributed by atoms with E-state index in [-0.39, 0.29) is 11.6 Å². The first-order valence-corrected chi connectivity index (χ1v) is 8.29. The predicted octanol–water partition coefficient (Wildman–Crippen LogP) is 1.75. The summed E-state index contributed by atoms with van der Waals surface area (Å²) in [5, 5.41) is 3.03. The third-order valence-electron chi connectivity index (χ3n) is 4.20. The molecule has 0 amide bonds. The highest BCUT2D eigenvalue weighted by molar-refractivity contribution is 7.18. The molecule has 3 N–H and O–H groups in total. The van der Waals surface area contributed by atoms with Gasteiger partial charge in [-0.25, -0.2) is 4.98 Å². The molecule has 0 aromatic carbocycles. The van der Waals surface area contributed by atoms with Crippen LogP contribution in [0, 0.1) is 5.92 Å². The SMILES string of the molecule is CC[NH2+][C@H](C)c1nc2sc3c(c2c(=O)[nH]1)CC[C@H](C)C3. The van der Waals surface area contributed by atoms with Crippen molar-refractivity contribution in [3.8, 4) is 0 Å². The van der Waals surface area contributed by atoms with Crippen LogP contribution in [0.15, 0.2) is 4.79 Å². The summed E-state index contributed by atoms with van der Waals surface area (Å²) in [6, 6.07) is 0.204. The topological polar surface area (TPSA) is 62.4 Å². The van der Waals surface area contributed by atoms with Gasteiger partial charge in [0.05, 0.1) is 11.9 Å². The lowest BCUT2D eigenvalue weighted by molar-refractivity contribution is -0.691. The van der Waals surface area contributed by atoms with Crippen LogP contribution in [0.25, 0.3) is 10.2 Å². The van der Waals surface area contributed by atoms with E-state index in [2.05, 4.69) is 31.1 Å². The van der Waals surface area contributed by atoms with E-state index < -0.39 is 0 Å². The highest BCUT2D eigenvalue weighted by atomic mass is 32.1. The third-order valence-corrected chi connectivity index (χ3v) is 5.35. The van der Waals surface area contributed by atoms with Crippen LogP contribution in [0.2, 0.25) is 0 Å². The number of quaternary nitrogens is 1. The number of hydrogen-bond acceptors (Lipinski definition) is 3. The molecule has 2 heterocycles. The van der Waals surface area contributed by atoms with Crippen molar-refractivity contribution in [3.63, 3.8) is 0 Å². The smallest absolute Gasteiger partial charge is 0.260 e. The molecule has 1 aliphatic carbocycles. The summed E-state index contributed by atoms with van der Waals surface area (Å²) in [6.07, 6.45) is 3.30. The molecular weight excluding hydrogens is 270 g/mol. The molecule has 4 nitrogen and oxygen atoms in total. The first-order chi connectivity index (χ1) is 9.60. The first-order valence-electron chi connectivity index (χ1n) is 7.48. The van der Waals surface area contributed by atoms with Crippen LogP contribution in [0.3, 0.4) is 0 Å². The largest absolute Gasteiger partial charge is 0.338 e. The van der Waals surface area contributed by atoms with E-state index in [0.29, 0.717) is 0 Å². The van der Waals surface area contributed by atoms with Gasteiger partial charge in [-0.3, -0.25) is 4.79 Å². The number of nitrogens with zero attached hydrogens (tertiary/aromatic N) is 1. The molecule has 2 aromatic rings. The van der Waals surface area contributed by atoms with E-state index >= 15 is 0 Å². The first kappa shape index (κ1) is 13.8. The summed E-state index contributed by atoms with van der Waals surface area (Å²) in [6.45, 7) is 7.47. The molecule has 0 saturated heterocycles. The fraction of sp³-hybridized carbons (Fsp3) is 0.600. The molecule has 0 aliphatic heterocycles. The molecule has 2 atom stereocenters. The zero-order valence-corrected chi connectivity index (χ0v) is 13.1. The lowest BCUT2D eigenvalue weighted by atomic mass is 9.89. The lowest BCUT2D eigenvalue weighted by Gasteiger charge is -2.17. The standard InChI is InChI=1S/C15H21N3OS/c1-4-16-9(3)13-17-14(19)12-10-6-5-8(2)7-11(10)20-15(12)18-13/h8-9,16H,4-7H2,1-3H3,(H,17,18,19)/p+1/t8-,9+/m0/s1. The van der Waals surface area contributed by atoms with E-state index in [4.69, 9.17) is 4.98 Å². The number of fused-ring (bicyclic) bond motifs is 3. The maximum Gasteiger partial charge on any atom is 0.260 e. The minimum atomic E-state index is 0.0495. The second-order valence-corrected chi connectivity index (χ2v) is 7.00. The number of hydrogen-bond donors (Lipinski definition) is 2. The number of H-pyrrole nitrogens is 1. The Morgan fingerprint density at radius 1 is 1.55 bits per heavy atom. The second-order valence-electron chi connectivity index (χ2n) is 5.92. The van der Waals surface area contributed by atoms with Crippen molar-refractivity contribution in [2.75, 3.05) is 6.54 Å². The summed E-state index contributed by atoms with van der Waals surface area (Å²) in [5.41, 5.74) is 1.31. The molecule has 1 aliphatic rings. The number of nitrogens with two attached hydrogens (primary N) is 1. The van der Waals surface area contributed by atoms with Gasteiger partial charge in [0, 0.05) is 4.88 Å². The molecule has 0 saturated carbocycles. The van der Waals surface area contributed by atoms with E-state index in [9.17, 15) is 4.79 Å². The summed E-state index contributed by atoms with van der Waals surface area (Å²) >= 11 is 1.72. The molecular formula is C15H22N3OS+. The van der Waals surface area contributed by atoms with Gasteiger partial charge in [-0.15, -0.1) is 11.3 Å². The second kappa shape index (κ2) is 5.30. The van der Waals surface area contributed by atoms with Crippen LogP contribution in [0.1, 0.15) is 49.5 Å². The molecule has 20 heavy (non-hydrogen) atoms. The number of rotatable bonds is 3. The Morgan fingerprint density at radius 3 is 3.10 bits per heavy atom. The summed E-state index contributed by atoms with van der Waals surface area (Å²) in [7, 11) is 0. The van der Waals surface area contributed by atoms with Crippen LogP contribution in [0.4, 0.5) is 0 Å². The number of aromatic nitrogens is 2. The average Bonchev–Trinajstić information content (AvgIpc) is 2.76. The highest BCUT2D eigenvalue weighted by Gasteiger charge is 2.23. The van der Waals surface area contributed by atoms with Gasteiger partial charge in [-0.2, -0.15) is 0 Å². The van der Waals surface area contributed by atoms with Gasteiger partial charge in [0.15, 0.2) is 5.82 Å². The molecule has 0 radical (unpaired) electrons. The van der Waals surface area contributed by atoms with Gasteiger partial charge >= 0.3 is 0 Å². The van der Waals surface area contributed by atoms with Gasteiger partial charge in [-0.1, -0.05) is 6.92 Å². The Hall–Kier alpha value is -1.20. The summed E-state index contributed by atoms with van der Waals surface area (Å²) in [4.78, 5) is 22.4. The number of nitrogens with one attached hydrogen (secondary N) is 1. The van der Waals surface area contributed by atoms with E-state index in [1.807, 2.05) is 0 Å². The monoisotopic (exact) mass is 292 g/mol. The molecule has 0 fully saturated rings. The van der Waals surface area contributed by atoms with Crippen LogP contribution < -0.4 is 10.9 Å². The highest BCUT2D eigenvalue weighted by Crippen LogP contribution is 2.35. The van der Waals surface area contributed by atoms with Crippen molar-refractivity contribution < 1.29 is 5.32 Å². The Balaban J connectivity index is 2.12. The normalized spacial score (nSPS) is 20.1. The lowest BCUT2D eigenvalue weighted by Crippen LogP contribution is -2.84. The maximum absolute atomic E-state index is 12.4.